The van der Waals surface area contributed by atoms with Gasteiger partial charge in [0.15, 0.2) is 16.5 Å². The fraction of sp³-hybridized carbons (Fsp3) is 0.227. The van der Waals surface area contributed by atoms with E-state index in [-0.39, 0.29) is 28.8 Å². The van der Waals surface area contributed by atoms with Gasteiger partial charge in [0.05, 0.1) is 29.2 Å². The van der Waals surface area contributed by atoms with Crippen molar-refractivity contribution in [1.82, 2.24) is 29.5 Å². The van der Waals surface area contributed by atoms with Gasteiger partial charge in [0, 0.05) is 29.2 Å². The van der Waals surface area contributed by atoms with Crippen molar-refractivity contribution < 1.29 is 18.0 Å². The molecule has 0 bridgehead atoms. The quantitative estimate of drug-likeness (QED) is 0.374. The number of nitrogens with zero attached hydrogens (tertiary/aromatic N) is 6. The Balaban J connectivity index is 1.44. The van der Waals surface area contributed by atoms with E-state index in [2.05, 4.69) is 25.5 Å². The van der Waals surface area contributed by atoms with E-state index >= 15 is 0 Å². The number of furan rings is 1. The SMILES string of the molecule is Cc1nn(CC(=O)Nc2nc(-c3cnn(C)c3C)cs2)c2nc(-c3ccco3)cc(C(F)F)c12. The van der Waals surface area contributed by atoms with Gasteiger partial charge in [0.25, 0.3) is 6.43 Å². The van der Waals surface area contributed by atoms with Crippen LogP contribution in [0.1, 0.15) is 23.4 Å². The number of halogens is 2. The summed E-state index contributed by atoms with van der Waals surface area (Å²) in [5, 5.41) is 13.7. The van der Waals surface area contributed by atoms with E-state index in [1.165, 1.54) is 28.3 Å². The van der Waals surface area contributed by atoms with Gasteiger partial charge in [-0.3, -0.25) is 9.48 Å². The van der Waals surface area contributed by atoms with E-state index in [4.69, 9.17) is 4.42 Å². The molecule has 1 amide bonds. The van der Waals surface area contributed by atoms with Crippen molar-refractivity contribution in [1.29, 1.82) is 0 Å². The molecule has 5 aromatic heterocycles. The third kappa shape index (κ3) is 3.85. The van der Waals surface area contributed by atoms with Crippen LogP contribution < -0.4 is 5.32 Å². The number of carbonyl (C=O) groups is 1. The molecule has 174 valence electrons. The zero-order valence-electron chi connectivity index (χ0n) is 18.4. The second-order valence-corrected chi connectivity index (χ2v) is 8.53. The molecule has 12 heteroatoms. The van der Waals surface area contributed by atoms with Gasteiger partial charge in [-0.15, -0.1) is 11.3 Å². The van der Waals surface area contributed by atoms with Crippen LogP contribution in [0.25, 0.3) is 33.7 Å². The first-order chi connectivity index (χ1) is 16.3. The lowest BCUT2D eigenvalue weighted by Gasteiger charge is -2.07. The first-order valence-electron chi connectivity index (χ1n) is 10.3. The average molecular weight is 484 g/mol. The van der Waals surface area contributed by atoms with Gasteiger partial charge in [-0.1, -0.05) is 0 Å². The lowest BCUT2D eigenvalue weighted by atomic mass is 10.1. The maximum absolute atomic E-state index is 13.8. The first-order valence-corrected chi connectivity index (χ1v) is 11.1. The Morgan fingerprint density at radius 1 is 1.26 bits per heavy atom. The molecule has 34 heavy (non-hydrogen) atoms. The zero-order valence-corrected chi connectivity index (χ0v) is 19.2. The number of aryl methyl sites for hydroxylation is 2. The number of aromatic nitrogens is 6. The molecule has 0 aliphatic carbocycles. The van der Waals surface area contributed by atoms with E-state index < -0.39 is 12.3 Å². The van der Waals surface area contributed by atoms with Crippen molar-refractivity contribution in [2.24, 2.45) is 7.05 Å². The van der Waals surface area contributed by atoms with Crippen LogP contribution >= 0.6 is 11.3 Å². The molecule has 0 unspecified atom stereocenters. The summed E-state index contributed by atoms with van der Waals surface area (Å²) >= 11 is 1.28. The number of amides is 1. The predicted molar refractivity (Wildman–Crippen MR) is 123 cm³/mol. The minimum absolute atomic E-state index is 0.183. The van der Waals surface area contributed by atoms with Crippen molar-refractivity contribution >= 4 is 33.4 Å². The fourth-order valence-corrected chi connectivity index (χ4v) is 4.45. The third-order valence-corrected chi connectivity index (χ3v) is 6.23. The molecule has 0 aliphatic rings. The number of fused-ring (bicyclic) bond motifs is 1. The van der Waals surface area contributed by atoms with Gasteiger partial charge in [0.1, 0.15) is 12.2 Å². The van der Waals surface area contributed by atoms with Crippen LogP contribution in [-0.4, -0.2) is 35.4 Å². The van der Waals surface area contributed by atoms with Crippen LogP contribution in [0.2, 0.25) is 0 Å². The molecule has 0 aliphatic heterocycles. The molecule has 0 atom stereocenters. The highest BCUT2D eigenvalue weighted by atomic mass is 32.1. The highest BCUT2D eigenvalue weighted by Gasteiger charge is 2.23. The summed E-state index contributed by atoms with van der Waals surface area (Å²) in [7, 11) is 1.84. The average Bonchev–Trinajstić information content (AvgIpc) is 3.58. The number of carbonyl (C=O) groups excluding carboxylic acids is 1. The van der Waals surface area contributed by atoms with Gasteiger partial charge >= 0.3 is 0 Å². The molecule has 0 spiro atoms. The molecule has 9 nitrogen and oxygen atoms in total. The van der Waals surface area contributed by atoms with E-state index in [9.17, 15) is 13.6 Å². The number of alkyl halides is 2. The van der Waals surface area contributed by atoms with Crippen LogP contribution in [-0.2, 0) is 18.4 Å². The Morgan fingerprint density at radius 3 is 2.76 bits per heavy atom. The Labute approximate surface area is 196 Å². The van der Waals surface area contributed by atoms with Crippen LogP contribution in [0.5, 0.6) is 0 Å². The molecular formula is C22H19F2N7O2S. The molecule has 0 aromatic carbocycles. The van der Waals surface area contributed by atoms with Crippen molar-refractivity contribution in [2.45, 2.75) is 26.8 Å². The number of anilines is 1. The highest BCUT2D eigenvalue weighted by molar-refractivity contribution is 7.14. The summed E-state index contributed by atoms with van der Waals surface area (Å²) in [5.41, 5.74) is 3.11. The molecule has 5 aromatic rings. The third-order valence-electron chi connectivity index (χ3n) is 5.47. The number of hydrogen-bond acceptors (Lipinski definition) is 7. The molecule has 1 N–H and O–H groups in total. The van der Waals surface area contributed by atoms with Gasteiger partial charge in [-0.25, -0.2) is 23.4 Å². The Morgan fingerprint density at radius 2 is 2.09 bits per heavy atom. The number of pyridine rings is 1. The van der Waals surface area contributed by atoms with Crippen LogP contribution in [0.3, 0.4) is 0 Å². The predicted octanol–water partition coefficient (Wildman–Crippen LogP) is 4.74. The Kier molecular flexibility index (Phi) is 5.44. The summed E-state index contributed by atoms with van der Waals surface area (Å²) in [6, 6.07) is 4.57. The molecule has 0 saturated carbocycles. The molecule has 5 heterocycles. The van der Waals surface area contributed by atoms with Crippen LogP contribution in [0.4, 0.5) is 13.9 Å². The Bertz CT molecular complexity index is 1500. The largest absolute Gasteiger partial charge is 0.463 e. The number of hydrogen-bond donors (Lipinski definition) is 1. The van der Waals surface area contributed by atoms with Crippen molar-refractivity contribution in [2.75, 3.05) is 5.32 Å². The number of thiazole rings is 1. The molecular weight excluding hydrogens is 464 g/mol. The second kappa shape index (κ2) is 8.45. The molecule has 0 saturated heterocycles. The number of nitrogens with one attached hydrogen (secondary N) is 1. The summed E-state index contributed by atoms with van der Waals surface area (Å²) < 4.78 is 36.1. The van der Waals surface area contributed by atoms with Crippen molar-refractivity contribution in [3.63, 3.8) is 0 Å². The van der Waals surface area contributed by atoms with Crippen molar-refractivity contribution in [3.05, 3.63) is 53.0 Å². The standard InChI is InChI=1S/C22H19F2N7O2S/c1-11-19-13(20(23)24)7-15(17-5-4-6-33-17)26-21(19)31(29-11)9-18(32)28-22-27-16(10-34-22)14-8-25-30(3)12(14)2/h4-8,10,20H,9H2,1-3H3,(H,27,28,32). The topological polar surface area (TPSA) is 104 Å². The summed E-state index contributed by atoms with van der Waals surface area (Å²) in [6.07, 6.45) is 0.417. The molecule has 0 fully saturated rings. The van der Waals surface area contributed by atoms with E-state index in [1.807, 2.05) is 19.4 Å². The van der Waals surface area contributed by atoms with Gasteiger partial charge in [0.2, 0.25) is 5.91 Å². The molecule has 0 radical (unpaired) electrons. The highest BCUT2D eigenvalue weighted by Crippen LogP contribution is 2.33. The first kappa shape index (κ1) is 21.9. The van der Waals surface area contributed by atoms with Crippen molar-refractivity contribution in [3.8, 4) is 22.7 Å². The van der Waals surface area contributed by atoms with Gasteiger partial charge < -0.3 is 9.73 Å². The van der Waals surface area contributed by atoms with Gasteiger partial charge in [-0.2, -0.15) is 10.2 Å². The lowest BCUT2D eigenvalue weighted by Crippen LogP contribution is -2.19. The minimum Gasteiger partial charge on any atom is -0.463 e. The van der Waals surface area contributed by atoms with E-state index in [0.717, 1.165) is 11.3 Å². The summed E-state index contributed by atoms with van der Waals surface area (Å²) in [4.78, 5) is 21.7. The normalized spacial score (nSPS) is 11.6. The number of rotatable bonds is 6. The van der Waals surface area contributed by atoms with Crippen LogP contribution in [0, 0.1) is 13.8 Å². The maximum atomic E-state index is 13.8. The zero-order chi connectivity index (χ0) is 24.0. The molecule has 5 rings (SSSR count). The summed E-state index contributed by atoms with van der Waals surface area (Å²) in [5.74, 6) is -0.0586. The maximum Gasteiger partial charge on any atom is 0.264 e. The fourth-order valence-electron chi connectivity index (χ4n) is 3.72. The smallest absolute Gasteiger partial charge is 0.264 e. The second-order valence-electron chi connectivity index (χ2n) is 7.67. The van der Waals surface area contributed by atoms with Gasteiger partial charge in [-0.05, 0) is 32.0 Å². The van der Waals surface area contributed by atoms with E-state index in [1.54, 1.807) is 29.9 Å². The van der Waals surface area contributed by atoms with Crippen LogP contribution in [0.15, 0.2) is 40.5 Å². The lowest BCUT2D eigenvalue weighted by molar-refractivity contribution is -0.116. The summed E-state index contributed by atoms with van der Waals surface area (Å²) in [6.45, 7) is 3.32. The Hall–Kier alpha value is -3.93. The minimum atomic E-state index is -2.74. The van der Waals surface area contributed by atoms with E-state index in [0.29, 0.717) is 22.3 Å². The monoisotopic (exact) mass is 483 g/mol.